The monoisotopic (exact) mass is 568 g/mol. The summed E-state index contributed by atoms with van der Waals surface area (Å²) in [6, 6.07) is 7.66. The molecule has 4 rings (SSSR count). The van der Waals surface area contributed by atoms with Gasteiger partial charge in [-0.3, -0.25) is 0 Å². The molecule has 0 amide bonds. The van der Waals surface area contributed by atoms with Crippen molar-refractivity contribution < 1.29 is 22.3 Å². The van der Waals surface area contributed by atoms with Crippen molar-refractivity contribution in [1.29, 1.82) is 0 Å². The van der Waals surface area contributed by atoms with Crippen LogP contribution in [0.4, 0.5) is 15.2 Å². The number of ether oxygens (including phenoxy) is 2. The Morgan fingerprint density at radius 2 is 1.92 bits per heavy atom. The van der Waals surface area contributed by atoms with Crippen molar-refractivity contribution in [2.45, 2.75) is 49.2 Å². The SMILES string of the molecule is CN[C@H]1CCCC[C@@H]1Nc1cc(F)c(S(=O)(=O)N(Cc2ccc(OC)cc2OC)c2nccs2)cc1Cl. The lowest BCUT2D eigenvalue weighted by atomic mass is 9.90. The van der Waals surface area contributed by atoms with Crippen LogP contribution in [-0.2, 0) is 16.6 Å². The summed E-state index contributed by atoms with van der Waals surface area (Å²) in [5.74, 6) is 0.0938. The van der Waals surface area contributed by atoms with E-state index in [2.05, 4.69) is 15.6 Å². The molecular weight excluding hydrogens is 539 g/mol. The molecule has 1 fully saturated rings. The van der Waals surface area contributed by atoms with Gasteiger partial charge in [0.15, 0.2) is 5.13 Å². The van der Waals surface area contributed by atoms with E-state index in [9.17, 15) is 8.42 Å². The van der Waals surface area contributed by atoms with Crippen molar-refractivity contribution in [3.8, 4) is 11.5 Å². The lowest BCUT2D eigenvalue weighted by Crippen LogP contribution is -2.44. The molecule has 200 valence electrons. The fraction of sp³-hybridized carbons (Fsp3) is 0.400. The molecule has 8 nitrogen and oxygen atoms in total. The minimum absolute atomic E-state index is 0.0625. The number of anilines is 2. The fourth-order valence-corrected chi connectivity index (χ4v) is 7.16. The maximum absolute atomic E-state index is 15.5. The Hall–Kier alpha value is -2.60. The minimum Gasteiger partial charge on any atom is -0.497 e. The number of thiazole rings is 1. The third-order valence-corrected chi connectivity index (χ3v) is 9.48. The molecule has 2 atom stereocenters. The predicted molar refractivity (Wildman–Crippen MR) is 145 cm³/mol. The molecule has 3 aromatic rings. The van der Waals surface area contributed by atoms with Gasteiger partial charge < -0.3 is 20.1 Å². The van der Waals surface area contributed by atoms with Crippen LogP contribution in [-0.4, -0.2) is 46.8 Å². The average Bonchev–Trinajstić information content (AvgIpc) is 3.43. The van der Waals surface area contributed by atoms with Gasteiger partial charge in [0.2, 0.25) is 0 Å². The number of halogens is 2. The van der Waals surface area contributed by atoms with Crippen LogP contribution in [0.1, 0.15) is 31.2 Å². The zero-order valence-electron chi connectivity index (χ0n) is 20.8. The number of nitrogens with zero attached hydrogens (tertiary/aromatic N) is 2. The van der Waals surface area contributed by atoms with Crippen LogP contribution in [0.2, 0.25) is 5.02 Å². The first kappa shape index (κ1) is 27.4. The van der Waals surface area contributed by atoms with E-state index in [1.165, 1.54) is 20.4 Å². The van der Waals surface area contributed by atoms with Gasteiger partial charge in [0.1, 0.15) is 22.2 Å². The minimum atomic E-state index is -4.39. The first-order valence-corrected chi connectivity index (χ1v) is 14.5. The number of rotatable bonds is 10. The summed E-state index contributed by atoms with van der Waals surface area (Å²) in [5.41, 5.74) is 0.921. The maximum atomic E-state index is 15.5. The second-order valence-corrected chi connectivity index (χ2v) is 11.8. The molecule has 2 N–H and O–H groups in total. The van der Waals surface area contributed by atoms with Gasteiger partial charge in [-0.15, -0.1) is 11.3 Å². The first-order chi connectivity index (χ1) is 17.8. The highest BCUT2D eigenvalue weighted by Gasteiger charge is 2.32. The molecule has 0 spiro atoms. The number of nitrogens with one attached hydrogen (secondary N) is 2. The van der Waals surface area contributed by atoms with Crippen molar-refractivity contribution >= 4 is 43.8 Å². The number of likely N-dealkylation sites (N-methyl/N-ethyl adjacent to an activating group) is 1. The van der Waals surface area contributed by atoms with Gasteiger partial charge in [-0.1, -0.05) is 24.4 Å². The van der Waals surface area contributed by atoms with E-state index < -0.39 is 20.7 Å². The second kappa shape index (κ2) is 11.8. The zero-order chi connectivity index (χ0) is 26.6. The number of benzene rings is 2. The molecule has 1 aromatic heterocycles. The van der Waals surface area contributed by atoms with Crippen molar-refractivity contribution in [2.75, 3.05) is 30.9 Å². The van der Waals surface area contributed by atoms with Crippen LogP contribution < -0.4 is 24.4 Å². The van der Waals surface area contributed by atoms with Crippen LogP contribution in [0.5, 0.6) is 11.5 Å². The van der Waals surface area contributed by atoms with Crippen LogP contribution in [0, 0.1) is 5.82 Å². The molecule has 1 aliphatic carbocycles. The van der Waals surface area contributed by atoms with E-state index in [1.54, 1.807) is 23.6 Å². The summed E-state index contributed by atoms with van der Waals surface area (Å²) in [6.45, 7) is -0.133. The largest absolute Gasteiger partial charge is 0.497 e. The molecular formula is C25H30ClFN4O4S2. The Bertz CT molecular complexity index is 1320. The van der Waals surface area contributed by atoms with Crippen LogP contribution in [0.15, 0.2) is 46.8 Å². The van der Waals surface area contributed by atoms with Crippen molar-refractivity contribution in [2.24, 2.45) is 0 Å². The van der Waals surface area contributed by atoms with Gasteiger partial charge in [0.05, 0.1) is 31.5 Å². The smallest absolute Gasteiger partial charge is 0.269 e. The lowest BCUT2D eigenvalue weighted by molar-refractivity contribution is 0.361. The Labute approximate surface area is 225 Å². The molecule has 0 bridgehead atoms. The lowest BCUT2D eigenvalue weighted by Gasteiger charge is -2.33. The van der Waals surface area contributed by atoms with Crippen molar-refractivity contribution in [3.05, 3.63) is 58.3 Å². The molecule has 37 heavy (non-hydrogen) atoms. The van der Waals surface area contributed by atoms with Gasteiger partial charge in [0.25, 0.3) is 10.0 Å². The zero-order valence-corrected chi connectivity index (χ0v) is 23.2. The van der Waals surface area contributed by atoms with Crippen LogP contribution in [0.25, 0.3) is 0 Å². The summed E-state index contributed by atoms with van der Waals surface area (Å²) >= 11 is 7.64. The third-order valence-electron chi connectivity index (χ3n) is 6.51. The Morgan fingerprint density at radius 3 is 2.57 bits per heavy atom. The Kier molecular flexibility index (Phi) is 8.79. The number of sulfonamides is 1. The molecule has 0 radical (unpaired) electrons. The van der Waals surface area contributed by atoms with Gasteiger partial charge in [-0.05, 0) is 44.2 Å². The molecule has 0 aliphatic heterocycles. The van der Waals surface area contributed by atoms with Crippen LogP contribution >= 0.6 is 22.9 Å². The molecule has 0 unspecified atom stereocenters. The summed E-state index contributed by atoms with van der Waals surface area (Å²) in [6.07, 6.45) is 5.57. The van der Waals surface area contributed by atoms with E-state index >= 15 is 4.39 Å². The summed E-state index contributed by atoms with van der Waals surface area (Å²) in [7, 11) is 0.519. The van der Waals surface area contributed by atoms with E-state index in [0.717, 1.165) is 53.5 Å². The van der Waals surface area contributed by atoms with E-state index in [0.29, 0.717) is 22.7 Å². The predicted octanol–water partition coefficient (Wildman–Crippen LogP) is 5.29. The summed E-state index contributed by atoms with van der Waals surface area (Å²) < 4.78 is 54.9. The maximum Gasteiger partial charge on any atom is 0.269 e. The standard InChI is InChI=1S/C25H30ClFN4O4S2/c1-28-20-6-4-5-7-21(20)30-22-14-19(27)24(13-18(22)26)37(32,33)31(25-29-10-11-36-25)15-16-8-9-17(34-2)12-23(16)35-3/h8-14,20-21,28,30H,4-7,15H2,1-3H3/t20-,21-/m0/s1. The fourth-order valence-electron chi connectivity index (χ4n) is 4.54. The molecule has 12 heteroatoms. The normalized spacial score (nSPS) is 17.9. The van der Waals surface area contributed by atoms with E-state index in [4.69, 9.17) is 21.1 Å². The highest BCUT2D eigenvalue weighted by Crippen LogP contribution is 2.36. The second-order valence-electron chi connectivity index (χ2n) is 8.70. The van der Waals surface area contributed by atoms with Gasteiger partial charge in [0, 0.05) is 35.3 Å². The van der Waals surface area contributed by atoms with Crippen LogP contribution in [0.3, 0.4) is 0 Å². The van der Waals surface area contributed by atoms with E-state index in [-0.39, 0.29) is 28.8 Å². The number of methoxy groups -OCH3 is 2. The first-order valence-electron chi connectivity index (χ1n) is 11.8. The van der Waals surface area contributed by atoms with E-state index in [1.807, 2.05) is 7.05 Å². The van der Waals surface area contributed by atoms with Crippen molar-refractivity contribution in [3.63, 3.8) is 0 Å². The average molecular weight is 569 g/mol. The molecule has 1 heterocycles. The number of hydrogen-bond acceptors (Lipinski definition) is 8. The van der Waals surface area contributed by atoms with Crippen molar-refractivity contribution in [1.82, 2.24) is 10.3 Å². The number of hydrogen-bond donors (Lipinski definition) is 2. The molecule has 1 saturated carbocycles. The summed E-state index contributed by atoms with van der Waals surface area (Å²) in [4.78, 5) is 3.66. The summed E-state index contributed by atoms with van der Waals surface area (Å²) in [5, 5.41) is 8.57. The molecule has 0 saturated heterocycles. The molecule has 2 aromatic carbocycles. The number of aromatic nitrogens is 1. The van der Waals surface area contributed by atoms with Gasteiger partial charge in [-0.2, -0.15) is 0 Å². The highest BCUT2D eigenvalue weighted by molar-refractivity contribution is 7.93. The third kappa shape index (κ3) is 5.95. The van der Waals surface area contributed by atoms with Gasteiger partial charge >= 0.3 is 0 Å². The molecule has 1 aliphatic rings. The Balaban J connectivity index is 1.69. The highest BCUT2D eigenvalue weighted by atomic mass is 35.5. The van der Waals surface area contributed by atoms with Gasteiger partial charge in [-0.25, -0.2) is 22.1 Å². The topological polar surface area (TPSA) is 92.8 Å². The Morgan fingerprint density at radius 1 is 1.16 bits per heavy atom. The quantitative estimate of drug-likeness (QED) is 0.343.